The summed E-state index contributed by atoms with van der Waals surface area (Å²) in [5.41, 5.74) is 1.45. The number of carboxylic acids is 1. The lowest BCUT2D eigenvalue weighted by atomic mass is 10.2. The monoisotopic (exact) mass is 289 g/mol. The minimum Gasteiger partial charge on any atom is -0.480 e. The molecule has 1 aromatic carbocycles. The van der Waals surface area contributed by atoms with E-state index < -0.39 is 5.97 Å². The predicted molar refractivity (Wildman–Crippen MR) is 80.2 cm³/mol. The molecule has 1 heterocycles. The van der Waals surface area contributed by atoms with Crippen molar-refractivity contribution in [1.29, 1.82) is 0 Å². The number of aliphatic carboxylic acids is 1. The van der Waals surface area contributed by atoms with Gasteiger partial charge in [0.25, 0.3) is 5.56 Å². The minimum absolute atomic E-state index is 0.0637. The van der Waals surface area contributed by atoms with Crippen LogP contribution in [0.4, 0.5) is 0 Å². The molecular weight excluding hydrogens is 270 g/mol. The Morgan fingerprint density at radius 2 is 2.14 bits per heavy atom. The fourth-order valence-electron chi connectivity index (χ4n) is 2.17. The number of hydrogen-bond donors (Lipinski definition) is 2. The number of carbonyl (C=O) groups is 1. The first-order chi connectivity index (χ1) is 10.0. The fraction of sp³-hybridized carbons (Fsp3) is 0.400. The van der Waals surface area contributed by atoms with Crippen molar-refractivity contribution < 1.29 is 9.90 Å². The van der Waals surface area contributed by atoms with Crippen molar-refractivity contribution in [2.24, 2.45) is 0 Å². The van der Waals surface area contributed by atoms with E-state index in [1.54, 1.807) is 11.0 Å². The smallest absolute Gasteiger partial charge is 0.317 e. The Hall–Kier alpha value is -2.21. The summed E-state index contributed by atoms with van der Waals surface area (Å²) in [4.78, 5) is 31.9. The standard InChI is InChI=1S/C15H19N3O3/c1-3-10(2)18(9-14(19)20)8-13-15(21)17-12-7-5-4-6-11(12)16-13/h4-7,10H,3,8-9H2,1-2H3,(H,17,21)(H,19,20). The Morgan fingerprint density at radius 1 is 1.43 bits per heavy atom. The molecule has 0 aliphatic heterocycles. The molecule has 6 heteroatoms. The predicted octanol–water partition coefficient (Wildman–Crippen LogP) is 1.61. The van der Waals surface area contributed by atoms with Gasteiger partial charge in [0.15, 0.2) is 0 Å². The van der Waals surface area contributed by atoms with Crippen molar-refractivity contribution in [2.45, 2.75) is 32.9 Å². The molecule has 0 saturated carbocycles. The van der Waals surface area contributed by atoms with Gasteiger partial charge < -0.3 is 10.1 Å². The normalized spacial score (nSPS) is 12.7. The molecule has 0 bridgehead atoms. The van der Waals surface area contributed by atoms with E-state index in [-0.39, 0.29) is 24.7 Å². The van der Waals surface area contributed by atoms with Gasteiger partial charge in [-0.2, -0.15) is 0 Å². The maximum atomic E-state index is 12.1. The number of aromatic nitrogens is 2. The van der Waals surface area contributed by atoms with Gasteiger partial charge >= 0.3 is 5.97 Å². The van der Waals surface area contributed by atoms with E-state index in [9.17, 15) is 9.59 Å². The van der Waals surface area contributed by atoms with Crippen LogP contribution in [-0.4, -0.2) is 38.5 Å². The third kappa shape index (κ3) is 3.66. The molecule has 1 unspecified atom stereocenters. The summed E-state index contributed by atoms with van der Waals surface area (Å²) in [5, 5.41) is 9.00. The average molecular weight is 289 g/mol. The molecule has 2 aromatic rings. The zero-order valence-corrected chi connectivity index (χ0v) is 12.2. The lowest BCUT2D eigenvalue weighted by Gasteiger charge is -2.25. The second kappa shape index (κ2) is 6.49. The van der Waals surface area contributed by atoms with Crippen molar-refractivity contribution in [3.63, 3.8) is 0 Å². The van der Waals surface area contributed by atoms with Gasteiger partial charge in [0.2, 0.25) is 0 Å². The molecule has 0 spiro atoms. The number of aromatic amines is 1. The molecular formula is C15H19N3O3. The topological polar surface area (TPSA) is 86.3 Å². The average Bonchev–Trinajstić information content (AvgIpc) is 2.46. The van der Waals surface area contributed by atoms with Gasteiger partial charge in [-0.05, 0) is 25.5 Å². The van der Waals surface area contributed by atoms with Gasteiger partial charge in [-0.3, -0.25) is 14.5 Å². The molecule has 6 nitrogen and oxygen atoms in total. The van der Waals surface area contributed by atoms with Gasteiger partial charge in [0, 0.05) is 12.6 Å². The summed E-state index contributed by atoms with van der Waals surface area (Å²) in [6, 6.07) is 7.35. The van der Waals surface area contributed by atoms with Crippen molar-refractivity contribution in [2.75, 3.05) is 6.54 Å². The van der Waals surface area contributed by atoms with Crippen LogP contribution >= 0.6 is 0 Å². The van der Waals surface area contributed by atoms with Crippen molar-refractivity contribution in [3.8, 4) is 0 Å². The lowest BCUT2D eigenvalue weighted by Crippen LogP contribution is -2.38. The summed E-state index contributed by atoms with van der Waals surface area (Å²) >= 11 is 0. The molecule has 1 atom stereocenters. The number of benzene rings is 1. The third-order valence-electron chi connectivity index (χ3n) is 3.58. The van der Waals surface area contributed by atoms with E-state index in [1.165, 1.54) is 0 Å². The molecule has 0 aliphatic rings. The lowest BCUT2D eigenvalue weighted by molar-refractivity contribution is -0.139. The summed E-state index contributed by atoms with van der Waals surface area (Å²) in [7, 11) is 0. The highest BCUT2D eigenvalue weighted by Crippen LogP contribution is 2.10. The van der Waals surface area contributed by atoms with Crippen LogP contribution in [0.5, 0.6) is 0 Å². The van der Waals surface area contributed by atoms with E-state index in [0.717, 1.165) is 6.42 Å². The van der Waals surface area contributed by atoms with Gasteiger partial charge in [-0.15, -0.1) is 0 Å². The molecule has 0 aliphatic carbocycles. The van der Waals surface area contributed by atoms with Gasteiger partial charge in [-0.25, -0.2) is 4.98 Å². The number of hydrogen-bond acceptors (Lipinski definition) is 4. The number of para-hydroxylation sites is 2. The molecule has 112 valence electrons. The van der Waals surface area contributed by atoms with Crippen LogP contribution in [0, 0.1) is 0 Å². The summed E-state index contributed by atoms with van der Waals surface area (Å²) in [6.07, 6.45) is 0.804. The first-order valence-electron chi connectivity index (χ1n) is 6.95. The number of rotatable bonds is 6. The zero-order valence-electron chi connectivity index (χ0n) is 12.2. The maximum absolute atomic E-state index is 12.1. The van der Waals surface area contributed by atoms with Crippen molar-refractivity contribution in [3.05, 3.63) is 40.3 Å². The van der Waals surface area contributed by atoms with E-state index >= 15 is 0 Å². The Labute approximate surface area is 122 Å². The fourth-order valence-corrected chi connectivity index (χ4v) is 2.17. The maximum Gasteiger partial charge on any atom is 0.317 e. The van der Waals surface area contributed by atoms with Crippen LogP contribution in [0.15, 0.2) is 29.1 Å². The minimum atomic E-state index is -0.910. The number of fused-ring (bicyclic) bond motifs is 1. The SMILES string of the molecule is CCC(C)N(CC(=O)O)Cc1nc2ccccc2[nH]c1=O. The van der Waals surface area contributed by atoms with E-state index in [4.69, 9.17) is 5.11 Å². The molecule has 2 N–H and O–H groups in total. The van der Waals surface area contributed by atoms with E-state index in [0.29, 0.717) is 16.7 Å². The van der Waals surface area contributed by atoms with Crippen LogP contribution in [0.25, 0.3) is 11.0 Å². The van der Waals surface area contributed by atoms with E-state index in [2.05, 4.69) is 9.97 Å². The summed E-state index contributed by atoms with van der Waals surface area (Å²) < 4.78 is 0. The molecule has 1 aromatic heterocycles. The molecule has 0 amide bonds. The second-order valence-corrected chi connectivity index (χ2v) is 5.09. The summed E-state index contributed by atoms with van der Waals surface area (Å²) in [5.74, 6) is -0.910. The highest BCUT2D eigenvalue weighted by atomic mass is 16.4. The molecule has 0 radical (unpaired) electrons. The first kappa shape index (κ1) is 15.2. The Balaban J connectivity index is 2.33. The summed E-state index contributed by atoms with van der Waals surface area (Å²) in [6.45, 7) is 4.04. The number of carboxylic acid groups (broad SMARTS) is 1. The largest absolute Gasteiger partial charge is 0.480 e. The second-order valence-electron chi connectivity index (χ2n) is 5.09. The Morgan fingerprint density at radius 3 is 2.81 bits per heavy atom. The first-order valence-corrected chi connectivity index (χ1v) is 6.95. The molecule has 0 saturated heterocycles. The third-order valence-corrected chi connectivity index (χ3v) is 3.58. The van der Waals surface area contributed by atoms with Crippen molar-refractivity contribution in [1.82, 2.24) is 14.9 Å². The van der Waals surface area contributed by atoms with Crippen LogP contribution in [0.2, 0.25) is 0 Å². The highest BCUT2D eigenvalue weighted by Gasteiger charge is 2.18. The van der Waals surface area contributed by atoms with Gasteiger partial charge in [0.1, 0.15) is 5.69 Å². The Kier molecular flexibility index (Phi) is 4.70. The van der Waals surface area contributed by atoms with Crippen molar-refractivity contribution >= 4 is 17.0 Å². The van der Waals surface area contributed by atoms with Crippen LogP contribution in [-0.2, 0) is 11.3 Å². The molecule has 2 rings (SSSR count). The van der Waals surface area contributed by atoms with Gasteiger partial charge in [-0.1, -0.05) is 19.1 Å². The Bertz CT molecular complexity index is 696. The van der Waals surface area contributed by atoms with E-state index in [1.807, 2.05) is 32.0 Å². The van der Waals surface area contributed by atoms with Gasteiger partial charge in [0.05, 0.1) is 17.6 Å². The number of nitrogens with zero attached hydrogens (tertiary/aromatic N) is 2. The molecule has 21 heavy (non-hydrogen) atoms. The highest BCUT2D eigenvalue weighted by molar-refractivity contribution is 5.73. The molecule has 0 fully saturated rings. The van der Waals surface area contributed by atoms with Crippen LogP contribution in [0.1, 0.15) is 26.0 Å². The van der Waals surface area contributed by atoms with Crippen LogP contribution in [0.3, 0.4) is 0 Å². The number of nitrogens with one attached hydrogen (secondary N) is 1. The zero-order chi connectivity index (χ0) is 15.4. The quantitative estimate of drug-likeness (QED) is 0.843. The number of H-pyrrole nitrogens is 1. The van der Waals surface area contributed by atoms with Crippen LogP contribution < -0.4 is 5.56 Å².